The molecule has 0 bridgehead atoms. The molecule has 0 saturated heterocycles. The van der Waals surface area contributed by atoms with Crippen molar-refractivity contribution in [1.29, 1.82) is 5.26 Å². The lowest BCUT2D eigenvalue weighted by Crippen LogP contribution is -2.25. The Morgan fingerprint density at radius 1 is 1.12 bits per heavy atom. The highest BCUT2D eigenvalue weighted by atomic mass is 16.3. The van der Waals surface area contributed by atoms with Crippen LogP contribution in [0.2, 0.25) is 0 Å². The number of benzene rings is 2. The van der Waals surface area contributed by atoms with Crippen molar-refractivity contribution in [2.24, 2.45) is 0 Å². The number of carbonyl (C=O) groups is 1. The Morgan fingerprint density at radius 2 is 1.97 bits per heavy atom. The number of hydrogen-bond donors (Lipinski definition) is 4. The molecule has 0 saturated carbocycles. The van der Waals surface area contributed by atoms with Crippen molar-refractivity contribution in [3.05, 3.63) is 77.6 Å². The lowest BCUT2D eigenvalue weighted by Gasteiger charge is -2.08. The van der Waals surface area contributed by atoms with E-state index in [1.165, 1.54) is 0 Å². The molecule has 33 heavy (non-hydrogen) atoms. The number of fused-ring (bicyclic) bond motifs is 1. The van der Waals surface area contributed by atoms with Gasteiger partial charge in [-0.05, 0) is 48.7 Å². The van der Waals surface area contributed by atoms with Crippen molar-refractivity contribution in [2.75, 3.05) is 25.0 Å². The summed E-state index contributed by atoms with van der Waals surface area (Å²) in [5.41, 5.74) is 4.81. The van der Waals surface area contributed by atoms with Crippen molar-refractivity contribution in [2.45, 2.75) is 12.8 Å². The average Bonchev–Trinajstić information content (AvgIpc) is 3.27. The third-order valence-electron chi connectivity index (χ3n) is 5.28. The number of rotatable bonds is 9. The zero-order valence-corrected chi connectivity index (χ0v) is 18.0. The summed E-state index contributed by atoms with van der Waals surface area (Å²) in [6, 6.07) is 17.2. The van der Waals surface area contributed by atoms with E-state index in [9.17, 15) is 10.1 Å². The number of aromatic nitrogens is 3. The minimum Gasteiger partial charge on any atom is -0.396 e. The molecular formula is C25H24N6O2. The van der Waals surface area contributed by atoms with Crippen LogP contribution in [-0.2, 0) is 6.42 Å². The number of carbonyl (C=O) groups excluding carboxylic acids is 1. The number of anilines is 1. The summed E-state index contributed by atoms with van der Waals surface area (Å²) in [6.45, 7) is 1.20. The Labute approximate surface area is 191 Å². The van der Waals surface area contributed by atoms with Crippen LogP contribution in [0.25, 0.3) is 22.2 Å². The maximum absolute atomic E-state index is 12.5. The van der Waals surface area contributed by atoms with E-state index in [1.54, 1.807) is 24.5 Å². The molecule has 0 fully saturated rings. The number of nitriles is 1. The summed E-state index contributed by atoms with van der Waals surface area (Å²) in [7, 11) is 0. The van der Waals surface area contributed by atoms with E-state index >= 15 is 0 Å². The molecule has 0 atom stereocenters. The highest BCUT2D eigenvalue weighted by molar-refractivity contribution is 5.94. The van der Waals surface area contributed by atoms with Gasteiger partial charge in [0.2, 0.25) is 5.95 Å². The first-order valence-corrected chi connectivity index (χ1v) is 10.7. The fourth-order valence-corrected chi connectivity index (χ4v) is 3.51. The Morgan fingerprint density at radius 3 is 2.76 bits per heavy atom. The number of amides is 1. The Bertz CT molecular complexity index is 1290. The smallest absolute Gasteiger partial charge is 0.251 e. The Kier molecular flexibility index (Phi) is 6.93. The molecule has 0 unspecified atom stereocenters. The van der Waals surface area contributed by atoms with Crippen LogP contribution in [0.3, 0.4) is 0 Å². The highest BCUT2D eigenvalue weighted by Gasteiger charge is 2.08. The molecule has 4 aromatic rings. The van der Waals surface area contributed by atoms with E-state index in [0.29, 0.717) is 43.0 Å². The van der Waals surface area contributed by atoms with Gasteiger partial charge in [0.05, 0.1) is 11.3 Å². The molecule has 166 valence electrons. The number of aliphatic hydroxyl groups is 1. The fourth-order valence-electron chi connectivity index (χ4n) is 3.51. The summed E-state index contributed by atoms with van der Waals surface area (Å²) in [5.74, 6) is 0.360. The quantitative estimate of drug-likeness (QED) is 0.296. The van der Waals surface area contributed by atoms with E-state index in [1.807, 2.05) is 36.4 Å². The second-order valence-corrected chi connectivity index (χ2v) is 7.55. The molecule has 2 heterocycles. The molecule has 0 aliphatic rings. The summed E-state index contributed by atoms with van der Waals surface area (Å²) in [4.78, 5) is 24.3. The third-order valence-corrected chi connectivity index (χ3v) is 5.28. The first-order chi connectivity index (χ1) is 16.2. The molecule has 4 rings (SSSR count). The first kappa shape index (κ1) is 22.0. The van der Waals surface area contributed by atoms with E-state index in [0.717, 1.165) is 27.7 Å². The Balaban J connectivity index is 1.34. The van der Waals surface area contributed by atoms with Gasteiger partial charge < -0.3 is 20.7 Å². The third kappa shape index (κ3) is 5.34. The van der Waals surface area contributed by atoms with Gasteiger partial charge in [-0.15, -0.1) is 0 Å². The molecule has 4 N–H and O–H groups in total. The molecule has 0 spiro atoms. The average molecular weight is 441 g/mol. The van der Waals surface area contributed by atoms with Crippen LogP contribution in [0.4, 0.5) is 5.95 Å². The summed E-state index contributed by atoms with van der Waals surface area (Å²) in [5, 5.41) is 25.0. The van der Waals surface area contributed by atoms with Crippen LogP contribution < -0.4 is 10.6 Å². The topological polar surface area (TPSA) is 127 Å². The molecule has 2 aromatic heterocycles. The highest BCUT2D eigenvalue weighted by Crippen LogP contribution is 2.20. The number of aliphatic hydroxyl groups excluding tert-OH is 1. The summed E-state index contributed by atoms with van der Waals surface area (Å²) < 4.78 is 0. The molecule has 8 heteroatoms. The first-order valence-electron chi connectivity index (χ1n) is 10.7. The Hall–Kier alpha value is -4.22. The van der Waals surface area contributed by atoms with Gasteiger partial charge in [-0.3, -0.25) is 4.79 Å². The van der Waals surface area contributed by atoms with E-state index < -0.39 is 0 Å². The van der Waals surface area contributed by atoms with Crippen molar-refractivity contribution in [3.63, 3.8) is 0 Å². The van der Waals surface area contributed by atoms with Gasteiger partial charge in [0.15, 0.2) is 0 Å². The molecule has 0 aliphatic carbocycles. The standard InChI is InChI=1S/C25H24N6O2/c26-15-20-16-30-23-7-2-17(14-21(20)23)8-11-27-24(33)19-5-3-18(4-6-19)22-9-12-29-25(31-22)28-10-1-13-32/h2-7,9,12,14,16,30,32H,1,8,10-11,13H2,(H,27,33)(H,28,29,31). The molecule has 0 radical (unpaired) electrons. The number of hydrogen-bond acceptors (Lipinski definition) is 6. The van der Waals surface area contributed by atoms with Gasteiger partial charge in [0, 0.05) is 54.1 Å². The SMILES string of the molecule is N#Cc1c[nH]c2ccc(CCNC(=O)c3ccc(-c4ccnc(NCCCO)n4)cc3)cc12. The van der Waals surface area contributed by atoms with E-state index in [4.69, 9.17) is 5.11 Å². The van der Waals surface area contributed by atoms with Gasteiger partial charge in [-0.25, -0.2) is 9.97 Å². The summed E-state index contributed by atoms with van der Waals surface area (Å²) >= 11 is 0. The maximum Gasteiger partial charge on any atom is 0.251 e. The monoisotopic (exact) mass is 440 g/mol. The lowest BCUT2D eigenvalue weighted by atomic mass is 10.1. The number of nitrogens with one attached hydrogen (secondary N) is 3. The van der Waals surface area contributed by atoms with E-state index in [-0.39, 0.29) is 12.5 Å². The van der Waals surface area contributed by atoms with Crippen LogP contribution in [0.1, 0.15) is 27.9 Å². The minimum atomic E-state index is -0.143. The van der Waals surface area contributed by atoms with Crippen molar-refractivity contribution in [1.82, 2.24) is 20.3 Å². The van der Waals surface area contributed by atoms with Gasteiger partial charge in [-0.2, -0.15) is 5.26 Å². The molecule has 2 aromatic carbocycles. The second kappa shape index (κ2) is 10.4. The number of nitrogens with zero attached hydrogens (tertiary/aromatic N) is 3. The van der Waals surface area contributed by atoms with Crippen molar-refractivity contribution in [3.8, 4) is 17.3 Å². The maximum atomic E-state index is 12.5. The van der Waals surface area contributed by atoms with Gasteiger partial charge >= 0.3 is 0 Å². The summed E-state index contributed by atoms with van der Waals surface area (Å²) in [6.07, 6.45) is 4.67. The number of aromatic amines is 1. The molecular weight excluding hydrogens is 416 g/mol. The predicted octanol–water partition coefficient (Wildman–Crippen LogP) is 3.26. The van der Waals surface area contributed by atoms with Crippen molar-refractivity contribution < 1.29 is 9.90 Å². The molecule has 8 nitrogen and oxygen atoms in total. The fraction of sp³-hybridized carbons (Fsp3) is 0.200. The normalized spacial score (nSPS) is 10.7. The lowest BCUT2D eigenvalue weighted by molar-refractivity contribution is 0.0954. The van der Waals surface area contributed by atoms with Crippen LogP contribution in [0, 0.1) is 11.3 Å². The van der Waals surface area contributed by atoms with Crippen molar-refractivity contribution >= 4 is 22.8 Å². The zero-order chi connectivity index (χ0) is 23.0. The van der Waals surface area contributed by atoms with Crippen LogP contribution >= 0.6 is 0 Å². The zero-order valence-electron chi connectivity index (χ0n) is 18.0. The molecule has 1 amide bonds. The van der Waals surface area contributed by atoms with E-state index in [2.05, 4.69) is 31.7 Å². The van der Waals surface area contributed by atoms with Crippen LogP contribution in [0.5, 0.6) is 0 Å². The largest absolute Gasteiger partial charge is 0.396 e. The van der Waals surface area contributed by atoms with Crippen LogP contribution in [0.15, 0.2) is 60.9 Å². The van der Waals surface area contributed by atoms with Gasteiger partial charge in [-0.1, -0.05) is 18.2 Å². The number of H-pyrrole nitrogens is 1. The van der Waals surface area contributed by atoms with Gasteiger partial charge in [0.25, 0.3) is 5.91 Å². The predicted molar refractivity (Wildman–Crippen MR) is 127 cm³/mol. The van der Waals surface area contributed by atoms with Crippen LogP contribution in [-0.4, -0.2) is 45.7 Å². The van der Waals surface area contributed by atoms with Gasteiger partial charge in [0.1, 0.15) is 6.07 Å². The molecule has 0 aliphatic heterocycles. The minimum absolute atomic E-state index is 0.112. The second-order valence-electron chi connectivity index (χ2n) is 7.55.